The molecule has 0 atom stereocenters. The molecule has 0 saturated carbocycles. The monoisotopic (exact) mass is 324 g/mol. The van der Waals surface area contributed by atoms with E-state index in [0.29, 0.717) is 5.69 Å². The summed E-state index contributed by atoms with van der Waals surface area (Å²) in [7, 11) is 0. The van der Waals surface area contributed by atoms with Gasteiger partial charge in [-0.15, -0.1) is 0 Å². The van der Waals surface area contributed by atoms with Crippen LogP contribution in [0, 0.1) is 10.1 Å². The van der Waals surface area contributed by atoms with Crippen molar-refractivity contribution in [1.29, 1.82) is 0 Å². The molecule has 1 aromatic heterocycles. The number of hydrogen-bond donors (Lipinski definition) is 1. The molecule has 0 aliphatic rings. The van der Waals surface area contributed by atoms with Gasteiger partial charge in [0.15, 0.2) is 0 Å². The number of furan rings is 1. The fourth-order valence-electron chi connectivity index (χ4n) is 2.56. The molecular weight excluding hydrogens is 308 g/mol. The van der Waals surface area contributed by atoms with Crippen LogP contribution in [0.15, 0.2) is 53.1 Å². The van der Waals surface area contributed by atoms with Crippen molar-refractivity contribution in [3.8, 4) is 0 Å². The van der Waals surface area contributed by atoms with Crippen LogP contribution in [0.3, 0.4) is 0 Å². The quantitative estimate of drug-likeness (QED) is 0.566. The molecular formula is C18H16N2O4. The zero-order chi connectivity index (χ0) is 17.1. The first-order valence-corrected chi connectivity index (χ1v) is 7.60. The van der Waals surface area contributed by atoms with Crippen LogP contribution < -0.4 is 5.32 Å². The van der Waals surface area contributed by atoms with Gasteiger partial charge < -0.3 is 9.73 Å². The Kier molecular flexibility index (Phi) is 4.29. The number of nitro groups is 1. The molecule has 0 spiro atoms. The SMILES string of the molecule is CCc1ccc2c(CC(=O)Nc3cccc([N+](=O)[O-])c3)coc2c1. The van der Waals surface area contributed by atoms with E-state index in [1.54, 1.807) is 12.3 Å². The van der Waals surface area contributed by atoms with E-state index in [1.807, 2.05) is 18.2 Å². The largest absolute Gasteiger partial charge is 0.464 e. The van der Waals surface area contributed by atoms with Gasteiger partial charge in [-0.2, -0.15) is 0 Å². The second-order valence-electron chi connectivity index (χ2n) is 5.48. The number of hydrogen-bond acceptors (Lipinski definition) is 4. The second kappa shape index (κ2) is 6.54. The Bertz CT molecular complexity index is 914. The summed E-state index contributed by atoms with van der Waals surface area (Å²) in [4.78, 5) is 22.5. The first-order chi connectivity index (χ1) is 11.6. The molecule has 0 unspecified atom stereocenters. The minimum atomic E-state index is -0.495. The Hall–Kier alpha value is -3.15. The minimum Gasteiger partial charge on any atom is -0.464 e. The molecule has 3 aromatic rings. The third-order valence-electron chi connectivity index (χ3n) is 3.82. The van der Waals surface area contributed by atoms with Crippen LogP contribution in [-0.2, 0) is 17.6 Å². The van der Waals surface area contributed by atoms with E-state index < -0.39 is 4.92 Å². The number of amides is 1. The zero-order valence-corrected chi connectivity index (χ0v) is 13.1. The van der Waals surface area contributed by atoms with Gasteiger partial charge in [-0.05, 0) is 24.1 Å². The summed E-state index contributed by atoms with van der Waals surface area (Å²) in [5.41, 5.74) is 3.05. The minimum absolute atomic E-state index is 0.0614. The molecule has 0 radical (unpaired) electrons. The number of non-ortho nitro benzene ring substituents is 1. The predicted octanol–water partition coefficient (Wildman–Crippen LogP) is 4.08. The van der Waals surface area contributed by atoms with Crippen molar-refractivity contribution >= 4 is 28.3 Å². The van der Waals surface area contributed by atoms with Crippen LogP contribution >= 0.6 is 0 Å². The molecule has 0 bridgehead atoms. The van der Waals surface area contributed by atoms with Gasteiger partial charge in [-0.25, -0.2) is 0 Å². The molecule has 1 heterocycles. The standard InChI is InChI=1S/C18H16N2O4/c1-2-12-6-7-16-13(11-24-17(16)8-12)9-18(21)19-14-4-3-5-15(10-14)20(22)23/h3-8,10-11H,2,9H2,1H3,(H,19,21). The Balaban J connectivity index is 1.75. The maximum Gasteiger partial charge on any atom is 0.271 e. The average Bonchev–Trinajstić information content (AvgIpc) is 2.97. The van der Waals surface area contributed by atoms with Crippen molar-refractivity contribution in [3.05, 3.63) is 70.0 Å². The van der Waals surface area contributed by atoms with Gasteiger partial charge in [0.05, 0.1) is 17.6 Å². The van der Waals surface area contributed by atoms with Crippen molar-refractivity contribution in [2.75, 3.05) is 5.32 Å². The van der Waals surface area contributed by atoms with Crippen molar-refractivity contribution in [2.24, 2.45) is 0 Å². The highest BCUT2D eigenvalue weighted by atomic mass is 16.6. The van der Waals surface area contributed by atoms with E-state index in [4.69, 9.17) is 4.42 Å². The van der Waals surface area contributed by atoms with Gasteiger partial charge in [0.25, 0.3) is 5.69 Å². The van der Waals surface area contributed by atoms with E-state index in [-0.39, 0.29) is 18.0 Å². The Morgan fingerprint density at radius 3 is 2.83 bits per heavy atom. The summed E-state index contributed by atoms with van der Waals surface area (Å²) in [6, 6.07) is 11.8. The molecule has 1 amide bonds. The number of rotatable bonds is 5. The highest BCUT2D eigenvalue weighted by molar-refractivity contribution is 5.95. The lowest BCUT2D eigenvalue weighted by Gasteiger charge is -2.04. The molecule has 0 fully saturated rings. The van der Waals surface area contributed by atoms with Crippen molar-refractivity contribution in [3.63, 3.8) is 0 Å². The van der Waals surface area contributed by atoms with E-state index in [0.717, 1.165) is 23.0 Å². The summed E-state index contributed by atoms with van der Waals surface area (Å²) in [6.45, 7) is 2.07. The van der Waals surface area contributed by atoms with E-state index >= 15 is 0 Å². The number of nitrogens with one attached hydrogen (secondary N) is 1. The number of aryl methyl sites for hydroxylation is 1. The number of nitro benzene ring substituents is 1. The number of nitrogens with zero attached hydrogens (tertiary/aromatic N) is 1. The zero-order valence-electron chi connectivity index (χ0n) is 13.1. The molecule has 0 saturated heterocycles. The number of benzene rings is 2. The molecule has 3 rings (SSSR count). The van der Waals surface area contributed by atoms with Gasteiger partial charge in [0.1, 0.15) is 5.58 Å². The number of carbonyl (C=O) groups is 1. The number of anilines is 1. The molecule has 0 aliphatic carbocycles. The van der Waals surface area contributed by atoms with Gasteiger partial charge in [0, 0.05) is 28.8 Å². The van der Waals surface area contributed by atoms with Crippen molar-refractivity contribution in [1.82, 2.24) is 0 Å². The van der Waals surface area contributed by atoms with E-state index in [9.17, 15) is 14.9 Å². The van der Waals surface area contributed by atoms with Gasteiger partial charge in [-0.3, -0.25) is 14.9 Å². The fraction of sp³-hybridized carbons (Fsp3) is 0.167. The molecule has 6 heteroatoms. The van der Waals surface area contributed by atoms with Crippen LogP contribution in [0.5, 0.6) is 0 Å². The second-order valence-corrected chi connectivity index (χ2v) is 5.48. The highest BCUT2D eigenvalue weighted by Crippen LogP contribution is 2.24. The first kappa shape index (κ1) is 15.7. The molecule has 122 valence electrons. The maximum atomic E-state index is 12.2. The fourth-order valence-corrected chi connectivity index (χ4v) is 2.56. The lowest BCUT2D eigenvalue weighted by Crippen LogP contribution is -2.14. The number of carbonyl (C=O) groups excluding carboxylic acids is 1. The third-order valence-corrected chi connectivity index (χ3v) is 3.82. The highest BCUT2D eigenvalue weighted by Gasteiger charge is 2.12. The van der Waals surface area contributed by atoms with Crippen LogP contribution in [0.1, 0.15) is 18.1 Å². The van der Waals surface area contributed by atoms with Crippen LogP contribution in [0.4, 0.5) is 11.4 Å². The molecule has 2 aromatic carbocycles. The molecule has 6 nitrogen and oxygen atoms in total. The van der Waals surface area contributed by atoms with Crippen LogP contribution in [-0.4, -0.2) is 10.8 Å². The van der Waals surface area contributed by atoms with Crippen molar-refractivity contribution in [2.45, 2.75) is 19.8 Å². The normalized spacial score (nSPS) is 10.7. The third kappa shape index (κ3) is 3.27. The molecule has 0 aliphatic heterocycles. The summed E-state index contributed by atoms with van der Waals surface area (Å²) < 4.78 is 5.52. The smallest absolute Gasteiger partial charge is 0.271 e. The van der Waals surface area contributed by atoms with Crippen LogP contribution in [0.25, 0.3) is 11.0 Å². The lowest BCUT2D eigenvalue weighted by atomic mass is 10.1. The van der Waals surface area contributed by atoms with E-state index in [1.165, 1.54) is 23.8 Å². The van der Waals surface area contributed by atoms with Gasteiger partial charge in [-0.1, -0.05) is 25.1 Å². The maximum absolute atomic E-state index is 12.2. The summed E-state index contributed by atoms with van der Waals surface area (Å²) in [5.74, 6) is -0.252. The topological polar surface area (TPSA) is 85.4 Å². The molecule has 24 heavy (non-hydrogen) atoms. The summed E-state index contributed by atoms with van der Waals surface area (Å²) in [5, 5.41) is 14.4. The Morgan fingerprint density at radius 2 is 2.08 bits per heavy atom. The van der Waals surface area contributed by atoms with Gasteiger partial charge in [0.2, 0.25) is 5.91 Å². The van der Waals surface area contributed by atoms with Gasteiger partial charge >= 0.3 is 0 Å². The average molecular weight is 324 g/mol. The van der Waals surface area contributed by atoms with Crippen molar-refractivity contribution < 1.29 is 14.1 Å². The Labute approximate surface area is 138 Å². The Morgan fingerprint density at radius 1 is 1.25 bits per heavy atom. The summed E-state index contributed by atoms with van der Waals surface area (Å²) in [6.07, 6.45) is 2.64. The summed E-state index contributed by atoms with van der Waals surface area (Å²) >= 11 is 0. The molecule has 1 N–H and O–H groups in total. The van der Waals surface area contributed by atoms with E-state index in [2.05, 4.69) is 12.2 Å². The lowest BCUT2D eigenvalue weighted by molar-refractivity contribution is -0.384. The predicted molar refractivity (Wildman–Crippen MR) is 91.0 cm³/mol. The van der Waals surface area contributed by atoms with Crippen LogP contribution in [0.2, 0.25) is 0 Å². The first-order valence-electron chi connectivity index (χ1n) is 7.60. The number of fused-ring (bicyclic) bond motifs is 1.